The van der Waals surface area contributed by atoms with E-state index in [2.05, 4.69) is 17.1 Å². The minimum Gasteiger partial charge on any atom is -0.360 e. The van der Waals surface area contributed by atoms with Crippen LogP contribution in [0.1, 0.15) is 21.6 Å². The van der Waals surface area contributed by atoms with Crippen molar-refractivity contribution >= 4 is 16.8 Å². The van der Waals surface area contributed by atoms with E-state index >= 15 is 0 Å². The van der Waals surface area contributed by atoms with Crippen molar-refractivity contribution in [3.05, 3.63) is 77.6 Å². The van der Waals surface area contributed by atoms with Crippen LogP contribution in [0, 0.1) is 0 Å². The summed E-state index contributed by atoms with van der Waals surface area (Å²) in [4.78, 5) is 18.2. The molecule has 27 heavy (non-hydrogen) atoms. The van der Waals surface area contributed by atoms with Crippen molar-refractivity contribution in [3.63, 3.8) is 0 Å². The molecule has 0 saturated carbocycles. The van der Waals surface area contributed by atoms with Crippen molar-refractivity contribution < 1.29 is 4.79 Å². The highest BCUT2D eigenvalue weighted by Gasteiger charge is 2.28. The molecule has 0 aliphatic carbocycles. The second kappa shape index (κ2) is 6.13. The van der Waals surface area contributed by atoms with Crippen LogP contribution < -0.4 is 0 Å². The second-order valence-corrected chi connectivity index (χ2v) is 6.99. The molecule has 0 saturated heterocycles. The van der Waals surface area contributed by atoms with Gasteiger partial charge >= 0.3 is 0 Å². The summed E-state index contributed by atoms with van der Waals surface area (Å²) in [5.74, 6) is 0.0602. The van der Waals surface area contributed by atoms with Crippen molar-refractivity contribution in [1.82, 2.24) is 19.7 Å². The highest BCUT2D eigenvalue weighted by Crippen LogP contribution is 2.31. The Labute approximate surface area is 157 Å². The van der Waals surface area contributed by atoms with Gasteiger partial charge in [0.1, 0.15) is 0 Å². The Morgan fingerprint density at radius 1 is 1.07 bits per heavy atom. The predicted molar refractivity (Wildman–Crippen MR) is 105 cm³/mol. The summed E-state index contributed by atoms with van der Waals surface area (Å²) in [5.41, 5.74) is 6.30. The first kappa shape index (κ1) is 15.9. The van der Waals surface area contributed by atoms with E-state index in [1.807, 2.05) is 65.3 Å². The number of hydrogen-bond acceptors (Lipinski definition) is 2. The average molecular weight is 356 g/mol. The Hall–Kier alpha value is -3.34. The van der Waals surface area contributed by atoms with E-state index in [0.717, 1.165) is 34.3 Å². The smallest absolute Gasteiger partial charge is 0.256 e. The van der Waals surface area contributed by atoms with Crippen molar-refractivity contribution in [3.8, 4) is 11.3 Å². The fraction of sp³-hybridized carbons (Fsp3) is 0.182. The molecule has 5 rings (SSSR count). The number of aryl methyl sites for hydroxylation is 1. The van der Waals surface area contributed by atoms with Gasteiger partial charge in [-0.15, -0.1) is 0 Å². The van der Waals surface area contributed by atoms with Crippen LogP contribution in [0.25, 0.3) is 22.2 Å². The molecular formula is C22H20N4O. The van der Waals surface area contributed by atoms with Crippen LogP contribution in [0.3, 0.4) is 0 Å². The first-order valence-corrected chi connectivity index (χ1v) is 9.18. The molecule has 0 spiro atoms. The number of nitrogens with one attached hydrogen (secondary N) is 1. The van der Waals surface area contributed by atoms with Crippen LogP contribution in [0.2, 0.25) is 0 Å². The van der Waals surface area contributed by atoms with Crippen molar-refractivity contribution in [2.24, 2.45) is 7.05 Å². The fourth-order valence-corrected chi connectivity index (χ4v) is 4.07. The van der Waals surface area contributed by atoms with Crippen LogP contribution in [-0.2, 0) is 20.0 Å². The van der Waals surface area contributed by atoms with E-state index in [1.165, 1.54) is 11.1 Å². The van der Waals surface area contributed by atoms with Gasteiger partial charge in [0, 0.05) is 41.8 Å². The van der Waals surface area contributed by atoms with Gasteiger partial charge in [-0.3, -0.25) is 9.48 Å². The zero-order valence-electron chi connectivity index (χ0n) is 15.1. The van der Waals surface area contributed by atoms with E-state index in [4.69, 9.17) is 5.10 Å². The molecule has 5 heteroatoms. The van der Waals surface area contributed by atoms with Crippen LogP contribution in [0.15, 0.2) is 60.8 Å². The number of rotatable bonds is 2. The lowest BCUT2D eigenvalue weighted by atomic mass is 9.99. The summed E-state index contributed by atoms with van der Waals surface area (Å²) in [6, 6.07) is 18.3. The Bertz CT molecular complexity index is 1140. The molecule has 0 atom stereocenters. The SMILES string of the molecule is Cn1nc2c(c1-c1ccccc1)CCN(C(=O)c1c[nH]c3ccccc13)C2. The van der Waals surface area contributed by atoms with Crippen molar-refractivity contribution in [1.29, 1.82) is 0 Å². The number of nitrogens with zero attached hydrogens (tertiary/aromatic N) is 3. The zero-order valence-corrected chi connectivity index (χ0v) is 15.1. The summed E-state index contributed by atoms with van der Waals surface area (Å²) in [7, 11) is 1.98. The molecule has 1 aliphatic rings. The zero-order chi connectivity index (χ0) is 18.4. The largest absolute Gasteiger partial charge is 0.360 e. The predicted octanol–water partition coefficient (Wildman–Crippen LogP) is 3.77. The van der Waals surface area contributed by atoms with E-state index in [9.17, 15) is 4.79 Å². The summed E-state index contributed by atoms with van der Waals surface area (Å²) < 4.78 is 1.94. The number of amides is 1. The molecule has 2 aromatic carbocycles. The molecule has 134 valence electrons. The maximum atomic E-state index is 13.1. The monoisotopic (exact) mass is 356 g/mol. The summed E-state index contributed by atoms with van der Waals surface area (Å²) >= 11 is 0. The molecule has 1 amide bonds. The maximum absolute atomic E-state index is 13.1. The van der Waals surface area contributed by atoms with Gasteiger partial charge in [0.15, 0.2) is 0 Å². The van der Waals surface area contributed by atoms with Crippen LogP contribution in [0.5, 0.6) is 0 Å². The molecule has 1 N–H and O–H groups in total. The second-order valence-electron chi connectivity index (χ2n) is 6.99. The van der Waals surface area contributed by atoms with Gasteiger partial charge < -0.3 is 9.88 Å². The average Bonchev–Trinajstić information content (AvgIpc) is 3.27. The molecule has 0 fully saturated rings. The standard InChI is InChI=1S/C22H20N4O/c1-25-21(15-7-3-2-4-8-15)17-11-12-26(14-20(17)24-25)22(27)18-13-23-19-10-6-5-9-16(18)19/h2-10,13,23H,11-12,14H2,1H3. The van der Waals surface area contributed by atoms with Crippen molar-refractivity contribution in [2.45, 2.75) is 13.0 Å². The first-order valence-electron chi connectivity index (χ1n) is 9.18. The minimum atomic E-state index is 0.0602. The number of hydrogen-bond donors (Lipinski definition) is 1. The van der Waals surface area contributed by atoms with E-state index < -0.39 is 0 Å². The third-order valence-electron chi connectivity index (χ3n) is 5.35. The first-order chi connectivity index (χ1) is 13.2. The lowest BCUT2D eigenvalue weighted by molar-refractivity contribution is 0.0734. The van der Waals surface area contributed by atoms with Gasteiger partial charge in [0.25, 0.3) is 5.91 Å². The number of carbonyl (C=O) groups excluding carboxylic acids is 1. The lowest BCUT2D eigenvalue weighted by Crippen LogP contribution is -2.35. The number of aromatic nitrogens is 3. The molecule has 3 heterocycles. The van der Waals surface area contributed by atoms with Crippen molar-refractivity contribution in [2.75, 3.05) is 6.54 Å². The fourth-order valence-electron chi connectivity index (χ4n) is 4.07. The van der Waals surface area contributed by atoms with E-state index in [0.29, 0.717) is 13.1 Å². The molecule has 0 radical (unpaired) electrons. The van der Waals surface area contributed by atoms with Crippen LogP contribution in [0.4, 0.5) is 0 Å². The number of H-pyrrole nitrogens is 1. The third kappa shape index (κ3) is 2.54. The van der Waals surface area contributed by atoms with Gasteiger partial charge in [-0.25, -0.2) is 0 Å². The molecule has 4 aromatic rings. The van der Waals surface area contributed by atoms with E-state index in [1.54, 1.807) is 0 Å². The molecule has 0 unspecified atom stereocenters. The number of benzene rings is 2. The summed E-state index contributed by atoms with van der Waals surface area (Å²) in [6.45, 7) is 1.26. The molecular weight excluding hydrogens is 336 g/mol. The van der Waals surface area contributed by atoms with Gasteiger partial charge in [-0.1, -0.05) is 48.5 Å². The minimum absolute atomic E-state index is 0.0602. The Kier molecular flexibility index (Phi) is 3.60. The summed E-state index contributed by atoms with van der Waals surface area (Å²) in [5, 5.41) is 5.69. The van der Waals surface area contributed by atoms with Crippen LogP contribution >= 0.6 is 0 Å². The number of para-hydroxylation sites is 1. The molecule has 1 aliphatic heterocycles. The van der Waals surface area contributed by atoms with Gasteiger partial charge in [-0.2, -0.15) is 5.10 Å². The Balaban J connectivity index is 1.48. The van der Waals surface area contributed by atoms with Crippen LogP contribution in [-0.4, -0.2) is 32.1 Å². The lowest BCUT2D eigenvalue weighted by Gasteiger charge is -2.26. The number of fused-ring (bicyclic) bond motifs is 2. The molecule has 0 bridgehead atoms. The van der Waals surface area contributed by atoms with Gasteiger partial charge in [0.05, 0.1) is 23.5 Å². The van der Waals surface area contributed by atoms with Gasteiger partial charge in [0.2, 0.25) is 0 Å². The maximum Gasteiger partial charge on any atom is 0.256 e. The quantitative estimate of drug-likeness (QED) is 0.594. The van der Waals surface area contributed by atoms with E-state index in [-0.39, 0.29) is 5.91 Å². The summed E-state index contributed by atoms with van der Waals surface area (Å²) in [6.07, 6.45) is 2.64. The topological polar surface area (TPSA) is 53.9 Å². The normalized spacial score (nSPS) is 13.7. The number of aromatic amines is 1. The highest BCUT2D eigenvalue weighted by atomic mass is 16.2. The van der Waals surface area contributed by atoms with Gasteiger partial charge in [-0.05, 0) is 12.5 Å². The third-order valence-corrected chi connectivity index (χ3v) is 5.35. The Morgan fingerprint density at radius 3 is 2.70 bits per heavy atom. The highest BCUT2D eigenvalue weighted by molar-refractivity contribution is 6.06. The Morgan fingerprint density at radius 2 is 1.85 bits per heavy atom. The number of carbonyl (C=O) groups is 1. The molecule has 5 nitrogen and oxygen atoms in total. The molecule has 2 aromatic heterocycles.